The van der Waals surface area contributed by atoms with E-state index in [1.807, 2.05) is 36.5 Å². The fourth-order valence-corrected chi connectivity index (χ4v) is 5.61. The number of pyridine rings is 1. The van der Waals surface area contributed by atoms with Crippen molar-refractivity contribution >= 4 is 28.4 Å². The molecule has 3 N–H and O–H groups in total. The van der Waals surface area contributed by atoms with Crippen molar-refractivity contribution in [2.75, 3.05) is 20.1 Å². The maximum Gasteiger partial charge on any atom is 0.413 e. The third kappa shape index (κ3) is 3.76. The second-order valence-electron chi connectivity index (χ2n) is 8.42. The first-order valence-electron chi connectivity index (χ1n) is 10.7. The number of carbonyl (C=O) groups is 1. The minimum absolute atomic E-state index is 0.0644. The van der Waals surface area contributed by atoms with Gasteiger partial charge in [0.15, 0.2) is 0 Å². The van der Waals surface area contributed by atoms with Gasteiger partial charge in [-0.25, -0.2) is 9.78 Å². The Kier molecular flexibility index (Phi) is 5.40. The van der Waals surface area contributed by atoms with Gasteiger partial charge < -0.3 is 5.32 Å². The Morgan fingerprint density at radius 3 is 2.91 bits per heavy atom. The van der Waals surface area contributed by atoms with Gasteiger partial charge in [0.25, 0.3) is 5.91 Å². The summed E-state index contributed by atoms with van der Waals surface area (Å²) in [4.78, 5) is 34.5. The van der Waals surface area contributed by atoms with E-state index in [4.69, 9.17) is 0 Å². The van der Waals surface area contributed by atoms with Gasteiger partial charge in [-0.05, 0) is 61.1 Å². The molecule has 0 spiro atoms. The van der Waals surface area contributed by atoms with E-state index >= 15 is 0 Å². The first-order chi connectivity index (χ1) is 15.5. The molecule has 4 aromatic rings. The average molecular weight is 449 g/mol. The van der Waals surface area contributed by atoms with Gasteiger partial charge >= 0.3 is 11.3 Å². The van der Waals surface area contributed by atoms with Crippen molar-refractivity contribution in [1.29, 1.82) is 0 Å². The summed E-state index contributed by atoms with van der Waals surface area (Å²) in [7, 11) is 3.89. The lowest BCUT2D eigenvalue weighted by Gasteiger charge is -2.24. The molecule has 1 aromatic carbocycles. The van der Waals surface area contributed by atoms with Crippen molar-refractivity contribution in [3.8, 4) is 11.1 Å². The number of H-pyrrole nitrogens is 2. The minimum atomic E-state index is -0.167. The number of imidazole rings is 1. The molecule has 8 heteroatoms. The van der Waals surface area contributed by atoms with Gasteiger partial charge in [-0.2, -0.15) is 4.98 Å². The molecule has 2 atom stereocenters. The molecule has 1 amide bonds. The molecule has 0 unspecified atom stereocenters. The molecular formula is C24H26N5O2S+. The Labute approximate surface area is 189 Å². The fourth-order valence-electron chi connectivity index (χ4n) is 4.63. The van der Waals surface area contributed by atoms with Crippen molar-refractivity contribution in [3.05, 3.63) is 75.0 Å². The van der Waals surface area contributed by atoms with E-state index in [-0.39, 0.29) is 11.6 Å². The molecule has 1 saturated heterocycles. The highest BCUT2D eigenvalue weighted by molar-refractivity contribution is 7.10. The molecule has 4 heterocycles. The van der Waals surface area contributed by atoms with Gasteiger partial charge in [-0.15, -0.1) is 11.3 Å². The van der Waals surface area contributed by atoms with Crippen LogP contribution in [0.3, 0.4) is 0 Å². The van der Waals surface area contributed by atoms with Crippen LogP contribution in [0, 0.1) is 5.92 Å². The van der Waals surface area contributed by atoms with Gasteiger partial charge in [0, 0.05) is 35.6 Å². The number of carbonyl (C=O) groups excluding carboxylic acids is 1. The minimum Gasteiger partial charge on any atom is -0.352 e. The molecule has 1 fully saturated rings. The van der Waals surface area contributed by atoms with E-state index in [1.54, 1.807) is 23.0 Å². The van der Waals surface area contributed by atoms with Crippen LogP contribution in [0.25, 0.3) is 22.3 Å². The smallest absolute Gasteiger partial charge is 0.352 e. The van der Waals surface area contributed by atoms with Gasteiger partial charge in [0.05, 0.1) is 6.20 Å². The highest BCUT2D eigenvalue weighted by atomic mass is 32.1. The first kappa shape index (κ1) is 20.7. The van der Waals surface area contributed by atoms with Crippen LogP contribution in [0.5, 0.6) is 0 Å². The summed E-state index contributed by atoms with van der Waals surface area (Å²) in [6, 6.07) is 14.2. The number of aromatic nitrogens is 3. The predicted octanol–water partition coefficient (Wildman–Crippen LogP) is 2.83. The zero-order valence-electron chi connectivity index (χ0n) is 18.1. The van der Waals surface area contributed by atoms with Crippen LogP contribution in [0.1, 0.15) is 27.7 Å². The summed E-state index contributed by atoms with van der Waals surface area (Å²) in [5.74, 6) is 0.336. The van der Waals surface area contributed by atoms with Gasteiger partial charge in [-0.3, -0.25) is 14.3 Å². The molecule has 1 aliphatic heterocycles. The summed E-state index contributed by atoms with van der Waals surface area (Å²) in [5, 5.41) is 5.27. The van der Waals surface area contributed by atoms with E-state index in [2.05, 4.69) is 44.7 Å². The number of likely N-dealkylation sites (tertiary alicyclic amines) is 1. The summed E-state index contributed by atoms with van der Waals surface area (Å²) in [6.07, 6.45) is 2.92. The summed E-state index contributed by atoms with van der Waals surface area (Å²) >= 11 is 1.78. The molecular weight excluding hydrogens is 422 g/mol. The van der Waals surface area contributed by atoms with Gasteiger partial charge in [-0.1, -0.05) is 18.2 Å². The van der Waals surface area contributed by atoms with Crippen molar-refractivity contribution < 1.29 is 9.78 Å². The maximum atomic E-state index is 12.9. The van der Waals surface area contributed by atoms with E-state index in [0.717, 1.165) is 29.6 Å². The molecule has 5 rings (SSSR count). The summed E-state index contributed by atoms with van der Waals surface area (Å²) in [6.45, 7) is 1.69. The van der Waals surface area contributed by atoms with Crippen LogP contribution in [0.2, 0.25) is 0 Å². The average Bonchev–Trinajstić information content (AvgIpc) is 3.52. The van der Waals surface area contributed by atoms with Crippen LogP contribution in [0.15, 0.2) is 58.8 Å². The Morgan fingerprint density at radius 2 is 2.09 bits per heavy atom. The Bertz CT molecular complexity index is 1320. The second kappa shape index (κ2) is 8.37. The van der Waals surface area contributed by atoms with E-state index in [1.165, 1.54) is 4.88 Å². The number of hydrogen-bond acceptors (Lipinski definition) is 4. The SMILES string of the molecule is CN1CC[C@H](CNC(=O)c2cccc(-c3c[nH+]c4[nH]c(=O)n(C)c4c3)c2)[C@@H]1c1cccs1. The number of thiophene rings is 1. The molecule has 0 saturated carbocycles. The van der Waals surface area contributed by atoms with Crippen LogP contribution in [-0.2, 0) is 7.05 Å². The number of nitrogens with zero attached hydrogens (tertiary/aromatic N) is 2. The Balaban J connectivity index is 1.33. The third-order valence-electron chi connectivity index (χ3n) is 6.41. The molecule has 7 nitrogen and oxygen atoms in total. The molecule has 0 bridgehead atoms. The zero-order valence-corrected chi connectivity index (χ0v) is 18.9. The fraction of sp³-hybridized carbons (Fsp3) is 0.292. The maximum absolute atomic E-state index is 12.9. The van der Waals surface area contributed by atoms with Crippen LogP contribution in [-0.4, -0.2) is 40.5 Å². The number of aromatic amines is 2. The van der Waals surface area contributed by atoms with E-state index < -0.39 is 0 Å². The third-order valence-corrected chi connectivity index (χ3v) is 7.35. The normalized spacial score (nSPS) is 18.9. The van der Waals surface area contributed by atoms with Gasteiger partial charge in [0.2, 0.25) is 0 Å². The molecule has 0 radical (unpaired) electrons. The topological polar surface area (TPSA) is 84.3 Å². The second-order valence-corrected chi connectivity index (χ2v) is 9.40. The number of rotatable bonds is 5. The number of amides is 1. The van der Waals surface area contributed by atoms with Crippen LogP contribution < -0.4 is 16.0 Å². The lowest BCUT2D eigenvalue weighted by atomic mass is 9.98. The van der Waals surface area contributed by atoms with Crippen LogP contribution in [0.4, 0.5) is 0 Å². The standard InChI is InChI=1S/C24H25N5O2S/c1-28-9-8-17(21(28)20-7-4-10-32-20)13-26-23(30)16-6-3-5-15(11-16)18-12-19-22(25-14-18)27-24(31)29(19)2/h3-7,10-12,14,17,21H,8-9,13H2,1-2H3,(H,26,30)(H,25,27,31)/p+1/t17-,21-/m1/s1. The highest BCUT2D eigenvalue weighted by Gasteiger charge is 2.33. The highest BCUT2D eigenvalue weighted by Crippen LogP contribution is 2.37. The Morgan fingerprint density at radius 1 is 1.22 bits per heavy atom. The number of fused-ring (bicyclic) bond motifs is 1. The predicted molar refractivity (Wildman–Crippen MR) is 126 cm³/mol. The Hall–Kier alpha value is -3.23. The largest absolute Gasteiger partial charge is 0.413 e. The molecule has 32 heavy (non-hydrogen) atoms. The molecule has 1 aliphatic rings. The van der Waals surface area contributed by atoms with Crippen LogP contribution >= 0.6 is 11.3 Å². The van der Waals surface area contributed by atoms with Crippen molar-refractivity contribution in [2.45, 2.75) is 12.5 Å². The monoisotopic (exact) mass is 448 g/mol. The molecule has 164 valence electrons. The first-order valence-corrected chi connectivity index (χ1v) is 11.6. The molecule has 3 aromatic heterocycles. The van der Waals surface area contributed by atoms with E-state index in [9.17, 15) is 9.59 Å². The quantitative estimate of drug-likeness (QED) is 0.492. The summed E-state index contributed by atoms with van der Waals surface area (Å²) < 4.78 is 1.56. The van der Waals surface area contributed by atoms with Crippen molar-refractivity contribution in [1.82, 2.24) is 19.8 Å². The molecule has 0 aliphatic carbocycles. The summed E-state index contributed by atoms with van der Waals surface area (Å²) in [5.41, 5.74) is 3.76. The van der Waals surface area contributed by atoms with Crippen molar-refractivity contribution in [3.63, 3.8) is 0 Å². The van der Waals surface area contributed by atoms with Gasteiger partial charge in [0.1, 0.15) is 5.52 Å². The number of nitrogens with one attached hydrogen (secondary N) is 3. The number of aryl methyl sites for hydroxylation is 1. The number of hydrogen-bond donors (Lipinski definition) is 2. The number of benzene rings is 1. The van der Waals surface area contributed by atoms with E-state index in [0.29, 0.717) is 29.7 Å². The lowest BCUT2D eigenvalue weighted by Crippen LogP contribution is -2.32. The lowest BCUT2D eigenvalue weighted by molar-refractivity contribution is -0.346. The zero-order chi connectivity index (χ0) is 22.2. The van der Waals surface area contributed by atoms with Crippen molar-refractivity contribution in [2.24, 2.45) is 13.0 Å².